The molecule has 0 aromatic carbocycles. The van der Waals surface area contributed by atoms with E-state index in [1.807, 2.05) is 0 Å². The Morgan fingerprint density at radius 3 is 2.71 bits per heavy atom. The molecule has 1 aliphatic rings. The van der Waals surface area contributed by atoms with E-state index in [4.69, 9.17) is 10.3 Å². The number of pyridine rings is 1. The van der Waals surface area contributed by atoms with Gasteiger partial charge in [0.25, 0.3) is 0 Å². The summed E-state index contributed by atoms with van der Waals surface area (Å²) in [6.07, 6.45) is 6.53. The summed E-state index contributed by atoms with van der Waals surface area (Å²) in [6, 6.07) is 3.06. The van der Waals surface area contributed by atoms with Crippen LogP contribution in [0.3, 0.4) is 0 Å². The van der Waals surface area contributed by atoms with Gasteiger partial charge in [0.05, 0.1) is 12.1 Å². The summed E-state index contributed by atoms with van der Waals surface area (Å²) in [7, 11) is -2.19. The molecule has 0 radical (unpaired) electrons. The van der Waals surface area contributed by atoms with Gasteiger partial charge in [-0.2, -0.15) is 9.29 Å². The van der Waals surface area contributed by atoms with Crippen LogP contribution in [0.1, 0.15) is 37.4 Å². The highest BCUT2D eigenvalue weighted by molar-refractivity contribution is 7.89. The van der Waals surface area contributed by atoms with Crippen molar-refractivity contribution in [3.63, 3.8) is 0 Å². The van der Waals surface area contributed by atoms with E-state index in [9.17, 15) is 8.42 Å². The minimum absolute atomic E-state index is 0. The van der Waals surface area contributed by atoms with Crippen LogP contribution in [0.15, 0.2) is 33.9 Å². The number of hydrogen-bond acceptors (Lipinski definition) is 7. The van der Waals surface area contributed by atoms with E-state index in [2.05, 4.69) is 15.1 Å². The Balaban J connectivity index is 0.00000208. The second kappa shape index (κ2) is 7.14. The van der Waals surface area contributed by atoms with Crippen molar-refractivity contribution in [3.8, 4) is 0 Å². The number of sulfonamides is 1. The summed E-state index contributed by atoms with van der Waals surface area (Å²) < 4.78 is 31.2. The molecular formula is C14H20ClN5O3S. The van der Waals surface area contributed by atoms with E-state index in [1.54, 1.807) is 6.07 Å². The minimum atomic E-state index is -3.65. The Morgan fingerprint density at radius 1 is 1.38 bits per heavy atom. The topological polar surface area (TPSA) is 115 Å². The van der Waals surface area contributed by atoms with Crippen LogP contribution in [0.25, 0.3) is 0 Å². The molecular weight excluding hydrogens is 354 g/mol. The molecule has 1 saturated carbocycles. The standard InChI is InChI=1S/C14H19N5O3S.ClH/c1-19(23(20,21)11-5-4-8-16-9-11)10-12-17-13(18-22-12)14(15)6-2-3-7-14;/h4-5,8-9H,2-3,6-7,10,15H2,1H3;1H. The molecule has 0 bridgehead atoms. The van der Waals surface area contributed by atoms with Crippen molar-refractivity contribution in [2.75, 3.05) is 7.05 Å². The average Bonchev–Trinajstić information content (AvgIpc) is 3.18. The van der Waals surface area contributed by atoms with Gasteiger partial charge in [0.1, 0.15) is 4.90 Å². The van der Waals surface area contributed by atoms with Crippen LogP contribution in [0.5, 0.6) is 0 Å². The lowest BCUT2D eigenvalue weighted by Crippen LogP contribution is -2.34. The first-order chi connectivity index (χ1) is 10.9. The molecule has 0 atom stereocenters. The Hall–Kier alpha value is -1.55. The Bertz CT molecular complexity index is 775. The van der Waals surface area contributed by atoms with Gasteiger partial charge < -0.3 is 10.3 Å². The van der Waals surface area contributed by atoms with E-state index in [0.29, 0.717) is 5.82 Å². The number of hydrogen-bond donors (Lipinski definition) is 1. The van der Waals surface area contributed by atoms with Gasteiger partial charge in [0.15, 0.2) is 5.82 Å². The lowest BCUT2D eigenvalue weighted by atomic mass is 9.99. The first kappa shape index (κ1) is 18.8. The van der Waals surface area contributed by atoms with Crippen LogP contribution in [0.2, 0.25) is 0 Å². The van der Waals surface area contributed by atoms with Gasteiger partial charge in [-0.25, -0.2) is 8.42 Å². The van der Waals surface area contributed by atoms with Crippen molar-refractivity contribution < 1.29 is 12.9 Å². The zero-order valence-corrected chi connectivity index (χ0v) is 14.9. The van der Waals surface area contributed by atoms with E-state index < -0.39 is 15.6 Å². The molecule has 0 spiro atoms. The molecule has 2 aromatic heterocycles. The zero-order chi connectivity index (χ0) is 16.5. The molecule has 2 aromatic rings. The molecule has 132 valence electrons. The monoisotopic (exact) mass is 373 g/mol. The number of aromatic nitrogens is 3. The molecule has 0 amide bonds. The highest BCUT2D eigenvalue weighted by Crippen LogP contribution is 2.34. The largest absolute Gasteiger partial charge is 0.338 e. The summed E-state index contributed by atoms with van der Waals surface area (Å²) in [5, 5.41) is 3.93. The third kappa shape index (κ3) is 3.59. The third-order valence-corrected chi connectivity index (χ3v) is 5.90. The maximum atomic E-state index is 12.4. The number of halogens is 1. The van der Waals surface area contributed by atoms with Crippen molar-refractivity contribution in [2.45, 2.75) is 42.7 Å². The van der Waals surface area contributed by atoms with Crippen LogP contribution >= 0.6 is 12.4 Å². The van der Waals surface area contributed by atoms with E-state index >= 15 is 0 Å². The zero-order valence-electron chi connectivity index (χ0n) is 13.3. The van der Waals surface area contributed by atoms with Gasteiger partial charge in [-0.05, 0) is 25.0 Å². The van der Waals surface area contributed by atoms with Gasteiger partial charge in [0, 0.05) is 19.4 Å². The predicted molar refractivity (Wildman–Crippen MR) is 88.8 cm³/mol. The predicted octanol–water partition coefficient (Wildman–Crippen LogP) is 1.44. The van der Waals surface area contributed by atoms with Crippen LogP contribution < -0.4 is 5.73 Å². The van der Waals surface area contributed by atoms with Crippen molar-refractivity contribution in [1.29, 1.82) is 0 Å². The highest BCUT2D eigenvalue weighted by Gasteiger charge is 2.36. The summed E-state index contributed by atoms with van der Waals surface area (Å²) in [5.74, 6) is 0.684. The normalized spacial score (nSPS) is 17.0. The number of nitrogens with two attached hydrogens (primary N) is 1. The Morgan fingerprint density at radius 2 is 2.08 bits per heavy atom. The van der Waals surface area contributed by atoms with Crippen LogP contribution in [-0.2, 0) is 22.1 Å². The van der Waals surface area contributed by atoms with Crippen molar-refractivity contribution in [1.82, 2.24) is 19.4 Å². The maximum Gasteiger partial charge on any atom is 0.244 e. The molecule has 8 nitrogen and oxygen atoms in total. The smallest absolute Gasteiger partial charge is 0.244 e. The second-order valence-electron chi connectivity index (χ2n) is 5.82. The van der Waals surface area contributed by atoms with E-state index in [-0.39, 0.29) is 29.7 Å². The fourth-order valence-corrected chi connectivity index (χ4v) is 3.79. The molecule has 2 N–H and O–H groups in total. The molecule has 1 aliphatic carbocycles. The van der Waals surface area contributed by atoms with Crippen LogP contribution in [0.4, 0.5) is 0 Å². The van der Waals surface area contributed by atoms with Gasteiger partial charge in [-0.15, -0.1) is 12.4 Å². The summed E-state index contributed by atoms with van der Waals surface area (Å²) in [6.45, 7) is -0.0136. The lowest BCUT2D eigenvalue weighted by molar-refractivity contribution is 0.323. The Labute approximate surface area is 146 Å². The molecule has 0 unspecified atom stereocenters. The average molecular weight is 374 g/mol. The first-order valence-electron chi connectivity index (χ1n) is 7.40. The van der Waals surface area contributed by atoms with Gasteiger partial charge in [-0.1, -0.05) is 18.0 Å². The third-order valence-electron chi connectivity index (χ3n) is 4.11. The van der Waals surface area contributed by atoms with E-state index in [1.165, 1.54) is 25.5 Å². The minimum Gasteiger partial charge on any atom is -0.338 e. The fraction of sp³-hybridized carbons (Fsp3) is 0.500. The SMILES string of the molecule is CN(Cc1nc(C2(N)CCCC2)no1)S(=O)(=O)c1cccnc1.Cl. The Kier molecular flexibility index (Phi) is 5.59. The number of nitrogens with zero attached hydrogens (tertiary/aromatic N) is 4. The molecule has 0 saturated heterocycles. The van der Waals surface area contributed by atoms with Gasteiger partial charge in [0.2, 0.25) is 15.9 Å². The first-order valence-corrected chi connectivity index (χ1v) is 8.84. The van der Waals surface area contributed by atoms with Crippen LogP contribution in [-0.4, -0.2) is 34.9 Å². The maximum absolute atomic E-state index is 12.4. The van der Waals surface area contributed by atoms with Gasteiger partial charge in [-0.3, -0.25) is 4.98 Å². The summed E-state index contributed by atoms with van der Waals surface area (Å²) >= 11 is 0. The molecule has 24 heavy (non-hydrogen) atoms. The fourth-order valence-electron chi connectivity index (χ4n) is 2.71. The summed E-state index contributed by atoms with van der Waals surface area (Å²) in [5.41, 5.74) is 5.72. The summed E-state index contributed by atoms with van der Waals surface area (Å²) in [4.78, 5) is 8.24. The molecule has 1 fully saturated rings. The highest BCUT2D eigenvalue weighted by atomic mass is 35.5. The molecule has 3 rings (SSSR count). The van der Waals surface area contributed by atoms with Crippen molar-refractivity contribution >= 4 is 22.4 Å². The van der Waals surface area contributed by atoms with E-state index in [0.717, 1.165) is 30.0 Å². The van der Waals surface area contributed by atoms with Crippen LogP contribution in [0, 0.1) is 0 Å². The molecule has 0 aliphatic heterocycles. The quantitative estimate of drug-likeness (QED) is 0.842. The van der Waals surface area contributed by atoms with Crippen molar-refractivity contribution in [3.05, 3.63) is 36.2 Å². The van der Waals surface area contributed by atoms with Crippen molar-refractivity contribution in [2.24, 2.45) is 5.73 Å². The lowest BCUT2D eigenvalue weighted by Gasteiger charge is -2.18. The number of rotatable bonds is 5. The second-order valence-corrected chi connectivity index (χ2v) is 7.87. The molecule has 10 heteroatoms. The van der Waals surface area contributed by atoms with Gasteiger partial charge >= 0.3 is 0 Å². The molecule has 2 heterocycles.